The van der Waals surface area contributed by atoms with Crippen LogP contribution >= 0.6 is 0 Å². The number of hydrogen-bond acceptors (Lipinski definition) is 3. The minimum atomic E-state index is -0.110. The molecule has 0 saturated carbocycles. The minimum absolute atomic E-state index is 0.110. The molecule has 2 saturated heterocycles. The predicted octanol–water partition coefficient (Wildman–Crippen LogP) is 4.14. The molecule has 5 nitrogen and oxygen atoms in total. The fourth-order valence-electron chi connectivity index (χ4n) is 5.74. The quantitative estimate of drug-likeness (QED) is 0.869. The van der Waals surface area contributed by atoms with Crippen molar-refractivity contribution in [2.75, 3.05) is 33.3 Å². The Labute approximate surface area is 167 Å². The number of amides is 1. The van der Waals surface area contributed by atoms with Gasteiger partial charge in [-0.05, 0) is 68.7 Å². The Hall–Kier alpha value is -2.01. The van der Waals surface area contributed by atoms with Gasteiger partial charge in [0.25, 0.3) is 0 Å². The maximum Gasteiger partial charge on any atom is 0.409 e. The number of nitrogens with one attached hydrogen (secondary N) is 1. The number of benzene rings is 1. The van der Waals surface area contributed by atoms with Gasteiger partial charge >= 0.3 is 6.09 Å². The van der Waals surface area contributed by atoms with Gasteiger partial charge in [-0.2, -0.15) is 0 Å². The maximum atomic E-state index is 12.3. The van der Waals surface area contributed by atoms with Crippen LogP contribution in [0.2, 0.25) is 0 Å². The molecule has 5 heteroatoms. The van der Waals surface area contributed by atoms with Crippen molar-refractivity contribution in [3.8, 4) is 0 Å². The zero-order chi connectivity index (χ0) is 19.1. The first-order valence-corrected chi connectivity index (χ1v) is 10.9. The number of fused-ring (bicyclic) bond motifs is 2. The van der Waals surface area contributed by atoms with Gasteiger partial charge in [0.15, 0.2) is 0 Å². The first-order chi connectivity index (χ1) is 13.7. The number of aromatic nitrogens is 1. The molecule has 1 aromatic carbocycles. The average molecular weight is 382 g/mol. The van der Waals surface area contributed by atoms with E-state index in [1.54, 1.807) is 0 Å². The number of H-pyrrole nitrogens is 1. The molecule has 3 aliphatic rings. The van der Waals surface area contributed by atoms with E-state index in [2.05, 4.69) is 41.3 Å². The van der Waals surface area contributed by atoms with Crippen LogP contribution in [-0.2, 0) is 11.2 Å². The molecule has 2 aromatic rings. The van der Waals surface area contributed by atoms with E-state index >= 15 is 0 Å². The fourth-order valence-corrected chi connectivity index (χ4v) is 5.74. The van der Waals surface area contributed by atoms with Gasteiger partial charge in [0.05, 0.1) is 6.61 Å². The Bertz CT molecular complexity index is 855. The first-order valence-electron chi connectivity index (χ1n) is 10.9. The van der Waals surface area contributed by atoms with Crippen LogP contribution in [0, 0.1) is 5.92 Å². The summed E-state index contributed by atoms with van der Waals surface area (Å²) in [6.07, 6.45) is 8.83. The number of aromatic amines is 1. The van der Waals surface area contributed by atoms with E-state index in [0.717, 1.165) is 45.3 Å². The van der Waals surface area contributed by atoms with Gasteiger partial charge in [0.1, 0.15) is 0 Å². The SMILES string of the molecule is CN1CC(CCOC(=O)N2CCCCC2)C[C@@H]2c3cccc4[nH]cc(c34)C[C@H]21. The second kappa shape index (κ2) is 7.43. The highest BCUT2D eigenvalue weighted by Gasteiger charge is 2.39. The molecule has 2 fully saturated rings. The topological polar surface area (TPSA) is 48.6 Å². The molecule has 5 rings (SSSR count). The number of hydrogen-bond donors (Lipinski definition) is 1. The van der Waals surface area contributed by atoms with Gasteiger partial charge in [-0.15, -0.1) is 0 Å². The lowest BCUT2D eigenvalue weighted by atomic mass is 9.72. The molecule has 150 valence electrons. The number of rotatable bonds is 3. The average Bonchev–Trinajstić information content (AvgIpc) is 3.14. The molecule has 28 heavy (non-hydrogen) atoms. The van der Waals surface area contributed by atoms with E-state index in [0.29, 0.717) is 24.5 Å². The van der Waals surface area contributed by atoms with E-state index in [1.807, 2.05) is 4.90 Å². The summed E-state index contributed by atoms with van der Waals surface area (Å²) in [5, 5.41) is 1.45. The molecular formula is C23H31N3O2. The molecule has 1 unspecified atom stereocenters. The Balaban J connectivity index is 1.24. The standard InChI is InChI=1S/C23H31N3O2/c1-25-15-16(8-11-28-23(27)26-9-3-2-4-10-26)12-19-18-6-5-7-20-22(18)17(14-24-20)13-21(19)25/h5-7,14,16,19,21,24H,2-4,8-13,15H2,1H3/t16?,19-,21-/m1/s1. The lowest BCUT2D eigenvalue weighted by Gasteiger charge is -2.45. The van der Waals surface area contributed by atoms with Crippen LogP contribution in [0.4, 0.5) is 4.79 Å². The third-order valence-corrected chi connectivity index (χ3v) is 7.18. The number of ether oxygens (including phenoxy) is 1. The molecule has 0 bridgehead atoms. The van der Waals surface area contributed by atoms with Gasteiger partial charge < -0.3 is 19.5 Å². The van der Waals surface area contributed by atoms with Crippen LogP contribution in [0.5, 0.6) is 0 Å². The predicted molar refractivity (Wildman–Crippen MR) is 111 cm³/mol. The van der Waals surface area contributed by atoms with E-state index < -0.39 is 0 Å². The molecule has 2 aliphatic heterocycles. The third-order valence-electron chi connectivity index (χ3n) is 7.18. The van der Waals surface area contributed by atoms with Crippen LogP contribution in [0.3, 0.4) is 0 Å². The highest BCUT2D eigenvalue weighted by atomic mass is 16.6. The number of piperidine rings is 2. The van der Waals surface area contributed by atoms with Gasteiger partial charge in [0.2, 0.25) is 0 Å². The summed E-state index contributed by atoms with van der Waals surface area (Å²) in [6.45, 7) is 3.36. The Morgan fingerprint density at radius 2 is 2.11 bits per heavy atom. The Kier molecular flexibility index (Phi) is 4.79. The number of likely N-dealkylation sites (tertiary alicyclic amines) is 2. The second-order valence-corrected chi connectivity index (χ2v) is 8.95. The van der Waals surface area contributed by atoms with Crippen molar-refractivity contribution in [1.82, 2.24) is 14.8 Å². The summed E-state index contributed by atoms with van der Waals surface area (Å²) in [5.41, 5.74) is 4.24. The lowest BCUT2D eigenvalue weighted by Crippen LogP contribution is -2.48. The van der Waals surface area contributed by atoms with Crippen molar-refractivity contribution in [2.24, 2.45) is 5.92 Å². The zero-order valence-corrected chi connectivity index (χ0v) is 16.8. The fraction of sp³-hybridized carbons (Fsp3) is 0.609. The summed E-state index contributed by atoms with van der Waals surface area (Å²) < 4.78 is 5.62. The lowest BCUT2D eigenvalue weighted by molar-refractivity contribution is 0.0700. The van der Waals surface area contributed by atoms with Crippen LogP contribution < -0.4 is 0 Å². The number of carbonyl (C=O) groups excluding carboxylic acids is 1. The van der Waals surface area contributed by atoms with Crippen molar-refractivity contribution in [1.29, 1.82) is 0 Å². The molecule has 3 heterocycles. The maximum absolute atomic E-state index is 12.3. The van der Waals surface area contributed by atoms with Gasteiger partial charge in [-0.25, -0.2) is 4.79 Å². The van der Waals surface area contributed by atoms with E-state index in [1.165, 1.54) is 34.9 Å². The summed E-state index contributed by atoms with van der Waals surface area (Å²) in [7, 11) is 2.27. The Morgan fingerprint density at radius 1 is 1.25 bits per heavy atom. The van der Waals surface area contributed by atoms with Crippen molar-refractivity contribution in [2.45, 2.75) is 50.5 Å². The first kappa shape index (κ1) is 18.0. The summed E-state index contributed by atoms with van der Waals surface area (Å²) >= 11 is 0. The molecule has 0 spiro atoms. The normalized spacial score (nSPS) is 27.6. The van der Waals surface area contributed by atoms with E-state index in [9.17, 15) is 4.79 Å². The van der Waals surface area contributed by atoms with Crippen LogP contribution in [0.15, 0.2) is 24.4 Å². The number of likely N-dealkylation sites (N-methyl/N-ethyl adjacent to an activating group) is 1. The van der Waals surface area contributed by atoms with Crippen LogP contribution in [-0.4, -0.2) is 60.2 Å². The van der Waals surface area contributed by atoms with Crippen molar-refractivity contribution < 1.29 is 9.53 Å². The molecule has 3 atom stereocenters. The van der Waals surface area contributed by atoms with Crippen molar-refractivity contribution in [3.05, 3.63) is 35.5 Å². The van der Waals surface area contributed by atoms with Gasteiger partial charge in [-0.3, -0.25) is 0 Å². The summed E-state index contributed by atoms with van der Waals surface area (Å²) in [5.74, 6) is 1.16. The van der Waals surface area contributed by atoms with Gasteiger partial charge in [-0.1, -0.05) is 12.1 Å². The highest BCUT2D eigenvalue weighted by molar-refractivity contribution is 5.88. The highest BCUT2D eigenvalue weighted by Crippen LogP contribution is 2.44. The Morgan fingerprint density at radius 3 is 2.96 bits per heavy atom. The number of carbonyl (C=O) groups is 1. The van der Waals surface area contributed by atoms with Crippen LogP contribution in [0.1, 0.15) is 49.1 Å². The molecule has 0 radical (unpaired) electrons. The largest absolute Gasteiger partial charge is 0.449 e. The summed E-state index contributed by atoms with van der Waals surface area (Å²) in [4.78, 5) is 20.1. The molecule has 1 aliphatic carbocycles. The van der Waals surface area contributed by atoms with E-state index in [-0.39, 0.29) is 6.09 Å². The molecule has 1 aromatic heterocycles. The molecule has 1 amide bonds. The second-order valence-electron chi connectivity index (χ2n) is 8.95. The third kappa shape index (κ3) is 3.20. The van der Waals surface area contributed by atoms with Gasteiger partial charge in [0, 0.05) is 48.7 Å². The van der Waals surface area contributed by atoms with Crippen molar-refractivity contribution >= 4 is 17.0 Å². The van der Waals surface area contributed by atoms with Crippen molar-refractivity contribution in [3.63, 3.8) is 0 Å². The number of nitrogens with zero attached hydrogens (tertiary/aromatic N) is 2. The summed E-state index contributed by atoms with van der Waals surface area (Å²) in [6, 6.07) is 7.28. The molecular weight excluding hydrogens is 350 g/mol. The zero-order valence-electron chi connectivity index (χ0n) is 16.8. The smallest absolute Gasteiger partial charge is 0.409 e. The van der Waals surface area contributed by atoms with E-state index in [4.69, 9.17) is 4.74 Å². The monoisotopic (exact) mass is 381 g/mol. The van der Waals surface area contributed by atoms with Crippen LogP contribution in [0.25, 0.3) is 10.9 Å². The molecule has 1 N–H and O–H groups in total. The minimum Gasteiger partial charge on any atom is -0.449 e.